The fourth-order valence-corrected chi connectivity index (χ4v) is 2.34. The van der Waals surface area contributed by atoms with Crippen LogP contribution in [0.3, 0.4) is 0 Å². The molecule has 0 saturated carbocycles. The van der Waals surface area contributed by atoms with Crippen LogP contribution in [0.2, 0.25) is 0 Å². The molecule has 1 aromatic rings. The van der Waals surface area contributed by atoms with Gasteiger partial charge in [-0.25, -0.2) is 0 Å². The first-order valence-corrected chi connectivity index (χ1v) is 6.68. The minimum Gasteiger partial charge on any atom is -0.382 e. The number of benzene rings is 1. The van der Waals surface area contributed by atoms with E-state index in [1.54, 1.807) is 14.0 Å². The molecule has 0 saturated heterocycles. The van der Waals surface area contributed by atoms with Crippen molar-refractivity contribution < 1.29 is 14.3 Å². The second-order valence-corrected chi connectivity index (χ2v) is 4.74. The molecule has 0 spiro atoms. The van der Waals surface area contributed by atoms with Gasteiger partial charge in [-0.15, -0.1) is 0 Å². The van der Waals surface area contributed by atoms with Gasteiger partial charge in [-0.1, -0.05) is 0 Å². The zero-order chi connectivity index (χ0) is 13.7. The SMILES string of the molecule is COCCOCCN1CCc2cc(C(C)=O)ccc21. The van der Waals surface area contributed by atoms with Crippen molar-refractivity contribution in [2.45, 2.75) is 13.3 Å². The van der Waals surface area contributed by atoms with Gasteiger partial charge in [0, 0.05) is 31.5 Å². The van der Waals surface area contributed by atoms with E-state index < -0.39 is 0 Å². The van der Waals surface area contributed by atoms with Crippen LogP contribution in [0.15, 0.2) is 18.2 Å². The van der Waals surface area contributed by atoms with E-state index in [1.807, 2.05) is 18.2 Å². The average Bonchev–Trinajstić information content (AvgIpc) is 2.81. The Morgan fingerprint density at radius 1 is 1.32 bits per heavy atom. The number of Topliss-reactive ketones (excluding diaryl/α,β-unsaturated/α-hetero) is 1. The lowest BCUT2D eigenvalue weighted by molar-refractivity contribution is 0.0741. The van der Waals surface area contributed by atoms with Crippen molar-refractivity contribution in [3.05, 3.63) is 29.3 Å². The maximum atomic E-state index is 11.4. The maximum Gasteiger partial charge on any atom is 0.159 e. The van der Waals surface area contributed by atoms with Crippen LogP contribution in [0.5, 0.6) is 0 Å². The summed E-state index contributed by atoms with van der Waals surface area (Å²) in [6.07, 6.45) is 1.01. The minimum absolute atomic E-state index is 0.129. The van der Waals surface area contributed by atoms with Crippen molar-refractivity contribution in [2.24, 2.45) is 0 Å². The monoisotopic (exact) mass is 263 g/mol. The molecule has 0 atom stereocenters. The van der Waals surface area contributed by atoms with Crippen molar-refractivity contribution in [1.29, 1.82) is 0 Å². The van der Waals surface area contributed by atoms with E-state index in [2.05, 4.69) is 4.90 Å². The van der Waals surface area contributed by atoms with Gasteiger partial charge in [-0.3, -0.25) is 4.79 Å². The summed E-state index contributed by atoms with van der Waals surface area (Å²) in [5.41, 5.74) is 3.31. The second-order valence-electron chi connectivity index (χ2n) is 4.74. The first kappa shape index (κ1) is 14.0. The number of nitrogens with zero attached hydrogens (tertiary/aromatic N) is 1. The molecule has 0 unspecified atom stereocenters. The van der Waals surface area contributed by atoms with Crippen molar-refractivity contribution >= 4 is 11.5 Å². The summed E-state index contributed by atoms with van der Waals surface area (Å²) in [4.78, 5) is 13.7. The Kier molecular flexibility index (Phi) is 4.93. The smallest absolute Gasteiger partial charge is 0.159 e. The quantitative estimate of drug-likeness (QED) is 0.556. The molecule has 0 radical (unpaired) electrons. The third-order valence-electron chi connectivity index (χ3n) is 3.42. The molecule has 0 bridgehead atoms. The van der Waals surface area contributed by atoms with Gasteiger partial charge in [-0.05, 0) is 37.1 Å². The number of hydrogen-bond acceptors (Lipinski definition) is 4. The van der Waals surface area contributed by atoms with Crippen molar-refractivity contribution in [3.63, 3.8) is 0 Å². The number of fused-ring (bicyclic) bond motifs is 1. The molecule has 0 fully saturated rings. The van der Waals surface area contributed by atoms with E-state index in [0.717, 1.165) is 25.1 Å². The number of ether oxygens (including phenoxy) is 2. The first-order chi connectivity index (χ1) is 9.22. The molecule has 0 amide bonds. The van der Waals surface area contributed by atoms with Crippen molar-refractivity contribution in [1.82, 2.24) is 0 Å². The topological polar surface area (TPSA) is 38.8 Å². The van der Waals surface area contributed by atoms with Gasteiger partial charge in [0.2, 0.25) is 0 Å². The summed E-state index contributed by atoms with van der Waals surface area (Å²) in [5.74, 6) is 0.129. The molecule has 0 N–H and O–H groups in total. The zero-order valence-electron chi connectivity index (χ0n) is 11.6. The average molecular weight is 263 g/mol. The Bertz CT molecular complexity index is 445. The van der Waals surface area contributed by atoms with Crippen molar-refractivity contribution in [2.75, 3.05) is 44.9 Å². The molecule has 1 aromatic carbocycles. The summed E-state index contributed by atoms with van der Waals surface area (Å²) in [6.45, 7) is 5.48. The number of rotatable bonds is 7. The number of anilines is 1. The largest absolute Gasteiger partial charge is 0.382 e. The summed E-state index contributed by atoms with van der Waals surface area (Å²) in [7, 11) is 1.67. The molecule has 1 aliphatic heterocycles. The molecule has 104 valence electrons. The van der Waals surface area contributed by atoms with Gasteiger partial charge >= 0.3 is 0 Å². The Morgan fingerprint density at radius 3 is 2.89 bits per heavy atom. The lowest BCUT2D eigenvalue weighted by atomic mass is 10.1. The van der Waals surface area contributed by atoms with E-state index in [-0.39, 0.29) is 5.78 Å². The summed E-state index contributed by atoms with van der Waals surface area (Å²) >= 11 is 0. The van der Waals surface area contributed by atoms with Crippen LogP contribution in [0.4, 0.5) is 5.69 Å². The molecular formula is C15H21NO3. The molecule has 0 aliphatic carbocycles. The van der Waals surface area contributed by atoms with Gasteiger partial charge in [-0.2, -0.15) is 0 Å². The van der Waals surface area contributed by atoms with E-state index in [1.165, 1.54) is 11.3 Å². The summed E-state index contributed by atoms with van der Waals surface area (Å²) < 4.78 is 10.4. The molecule has 19 heavy (non-hydrogen) atoms. The van der Waals surface area contributed by atoms with Crippen LogP contribution < -0.4 is 4.90 Å². The molecule has 1 aliphatic rings. The molecule has 2 rings (SSSR count). The third kappa shape index (κ3) is 3.55. The highest BCUT2D eigenvalue weighted by Gasteiger charge is 2.19. The highest BCUT2D eigenvalue weighted by atomic mass is 16.5. The molecule has 0 aromatic heterocycles. The fourth-order valence-electron chi connectivity index (χ4n) is 2.34. The minimum atomic E-state index is 0.129. The predicted octanol–water partition coefficient (Wildman–Crippen LogP) is 1.91. The summed E-state index contributed by atoms with van der Waals surface area (Å²) in [5, 5.41) is 0. The summed E-state index contributed by atoms with van der Waals surface area (Å²) in [6, 6.07) is 5.98. The zero-order valence-corrected chi connectivity index (χ0v) is 11.6. The predicted molar refractivity (Wildman–Crippen MR) is 75.1 cm³/mol. The first-order valence-electron chi connectivity index (χ1n) is 6.68. The lowest BCUT2D eigenvalue weighted by Crippen LogP contribution is -2.25. The Morgan fingerprint density at radius 2 is 2.16 bits per heavy atom. The van der Waals surface area contributed by atoms with Gasteiger partial charge < -0.3 is 14.4 Å². The van der Waals surface area contributed by atoms with Crippen molar-refractivity contribution in [3.8, 4) is 0 Å². The number of methoxy groups -OCH3 is 1. The van der Waals surface area contributed by atoms with E-state index in [4.69, 9.17) is 9.47 Å². The number of carbonyl (C=O) groups is 1. The van der Waals surface area contributed by atoms with Crippen LogP contribution >= 0.6 is 0 Å². The molecule has 1 heterocycles. The van der Waals surface area contributed by atoms with Gasteiger partial charge in [0.05, 0.1) is 19.8 Å². The number of hydrogen-bond donors (Lipinski definition) is 0. The Balaban J connectivity index is 1.89. The molecule has 4 nitrogen and oxygen atoms in total. The maximum absolute atomic E-state index is 11.4. The second kappa shape index (κ2) is 6.68. The lowest BCUT2D eigenvalue weighted by Gasteiger charge is -2.19. The highest BCUT2D eigenvalue weighted by molar-refractivity contribution is 5.94. The number of carbonyl (C=O) groups excluding carboxylic acids is 1. The van der Waals surface area contributed by atoms with Gasteiger partial charge in [0.25, 0.3) is 0 Å². The van der Waals surface area contributed by atoms with Crippen LogP contribution in [0, 0.1) is 0 Å². The molecule has 4 heteroatoms. The van der Waals surface area contributed by atoms with Crippen LogP contribution in [0.1, 0.15) is 22.8 Å². The Labute approximate surface area is 114 Å². The highest BCUT2D eigenvalue weighted by Crippen LogP contribution is 2.28. The number of ketones is 1. The van der Waals surface area contributed by atoms with E-state index in [0.29, 0.717) is 19.8 Å². The molecular weight excluding hydrogens is 242 g/mol. The van der Waals surface area contributed by atoms with Gasteiger partial charge in [0.1, 0.15) is 0 Å². The standard InChI is InChI=1S/C15H21NO3/c1-12(17)13-3-4-15-14(11-13)5-6-16(15)7-8-19-10-9-18-2/h3-4,11H,5-10H2,1-2H3. The van der Waals surface area contributed by atoms with E-state index >= 15 is 0 Å². The normalized spacial score (nSPS) is 13.7. The third-order valence-corrected chi connectivity index (χ3v) is 3.42. The van der Waals surface area contributed by atoms with Crippen LogP contribution in [0.25, 0.3) is 0 Å². The van der Waals surface area contributed by atoms with Crippen LogP contribution in [-0.4, -0.2) is 45.8 Å². The Hall–Kier alpha value is -1.39. The van der Waals surface area contributed by atoms with E-state index in [9.17, 15) is 4.79 Å². The van der Waals surface area contributed by atoms with Gasteiger partial charge in [0.15, 0.2) is 5.78 Å². The van der Waals surface area contributed by atoms with Crippen LogP contribution in [-0.2, 0) is 15.9 Å². The fraction of sp³-hybridized carbons (Fsp3) is 0.533.